The number of rotatable bonds is 3. The Morgan fingerprint density at radius 2 is 1.90 bits per heavy atom. The Morgan fingerprint density at radius 1 is 1.20 bits per heavy atom. The summed E-state index contributed by atoms with van der Waals surface area (Å²) in [6.07, 6.45) is 13.4. The predicted octanol–water partition coefficient (Wildman–Crippen LogP) is 2.97. The quantitative estimate of drug-likeness (QED) is 0.921. The molecular weight excluding hydrogens is 248 g/mol. The summed E-state index contributed by atoms with van der Waals surface area (Å²) >= 11 is 0. The normalized spacial score (nSPS) is 24.0. The van der Waals surface area contributed by atoms with Gasteiger partial charge in [0.2, 0.25) is 5.95 Å². The monoisotopic (exact) mass is 276 g/mol. The maximum absolute atomic E-state index is 4.66. The predicted molar refractivity (Wildman–Crippen MR) is 83.3 cm³/mol. The summed E-state index contributed by atoms with van der Waals surface area (Å²) in [5.74, 6) is 1.20. The lowest BCUT2D eigenvalue weighted by atomic mass is 9.90. The molecule has 1 N–H and O–H groups in total. The van der Waals surface area contributed by atoms with Crippen LogP contribution in [-0.4, -0.2) is 35.2 Å². The second kappa shape index (κ2) is 5.76. The molecule has 1 aromatic rings. The topological polar surface area (TPSA) is 33.1 Å². The number of nitrogens with one attached hydrogen (secondary N) is 1. The Balaban J connectivity index is 1.70. The molecule has 2 aliphatic rings. The van der Waals surface area contributed by atoms with Crippen molar-refractivity contribution < 1.29 is 0 Å². The van der Waals surface area contributed by atoms with E-state index in [1.807, 2.05) is 6.20 Å². The van der Waals surface area contributed by atoms with Crippen molar-refractivity contribution in [3.05, 3.63) is 12.4 Å². The highest BCUT2D eigenvalue weighted by Gasteiger charge is 2.30. The molecule has 0 aromatic carbocycles. The first-order valence-electron chi connectivity index (χ1n) is 8.18. The summed E-state index contributed by atoms with van der Waals surface area (Å²) < 4.78 is 2.45. The number of hydrogen-bond acceptors (Lipinski definition) is 3. The number of anilines is 1. The molecule has 3 rings (SSSR count). The van der Waals surface area contributed by atoms with E-state index in [1.165, 1.54) is 50.9 Å². The average molecular weight is 276 g/mol. The Hall–Kier alpha value is -1.03. The van der Waals surface area contributed by atoms with Crippen molar-refractivity contribution in [1.29, 1.82) is 0 Å². The van der Waals surface area contributed by atoms with E-state index in [2.05, 4.69) is 39.9 Å². The third-order valence-electron chi connectivity index (χ3n) is 5.37. The summed E-state index contributed by atoms with van der Waals surface area (Å²) in [7, 11) is 2.08. The van der Waals surface area contributed by atoms with Gasteiger partial charge < -0.3 is 14.8 Å². The maximum Gasteiger partial charge on any atom is 0.205 e. The minimum Gasteiger partial charge on any atom is -0.342 e. The lowest BCUT2D eigenvalue weighted by Gasteiger charge is -2.40. The van der Waals surface area contributed by atoms with Gasteiger partial charge in [0, 0.05) is 37.1 Å². The van der Waals surface area contributed by atoms with Crippen LogP contribution in [0.5, 0.6) is 0 Å². The fourth-order valence-corrected chi connectivity index (χ4v) is 3.64. The molecule has 4 heteroatoms. The molecule has 0 bridgehead atoms. The molecule has 0 atom stereocenters. The molecule has 4 nitrogen and oxygen atoms in total. The van der Waals surface area contributed by atoms with E-state index in [0.717, 1.165) is 13.1 Å². The van der Waals surface area contributed by atoms with Crippen LogP contribution >= 0.6 is 0 Å². The molecule has 112 valence electrons. The largest absolute Gasteiger partial charge is 0.342 e. The van der Waals surface area contributed by atoms with Crippen molar-refractivity contribution in [2.24, 2.45) is 0 Å². The molecular formula is C16H28N4. The lowest BCUT2D eigenvalue weighted by Crippen LogP contribution is -2.50. The minimum absolute atomic E-state index is 0.304. The van der Waals surface area contributed by atoms with E-state index in [0.29, 0.717) is 11.6 Å². The zero-order chi connectivity index (χ0) is 14.0. The second-order valence-corrected chi connectivity index (χ2v) is 6.72. The van der Waals surface area contributed by atoms with Gasteiger partial charge in [-0.2, -0.15) is 0 Å². The second-order valence-electron chi connectivity index (χ2n) is 6.72. The van der Waals surface area contributed by atoms with Crippen molar-refractivity contribution in [3.63, 3.8) is 0 Å². The molecule has 1 saturated carbocycles. The third kappa shape index (κ3) is 2.71. The minimum atomic E-state index is 0.304. The standard InChI is InChI=1S/C16H28N4/c1-16(17-2)8-11-19(12-9-16)15-18-10-13-20(15)14-6-4-3-5-7-14/h10,13-14,17H,3-9,11-12H2,1-2H3. The van der Waals surface area contributed by atoms with Gasteiger partial charge in [0.15, 0.2) is 0 Å². The van der Waals surface area contributed by atoms with Crippen LogP contribution in [0.15, 0.2) is 12.4 Å². The SMILES string of the molecule is CNC1(C)CCN(c2nccn2C2CCCCC2)CC1. The fourth-order valence-electron chi connectivity index (χ4n) is 3.64. The average Bonchev–Trinajstić information content (AvgIpc) is 2.98. The van der Waals surface area contributed by atoms with Gasteiger partial charge in [-0.3, -0.25) is 0 Å². The Morgan fingerprint density at radius 3 is 2.55 bits per heavy atom. The van der Waals surface area contributed by atoms with Crippen molar-refractivity contribution in [2.45, 2.75) is 63.5 Å². The Kier molecular flexibility index (Phi) is 4.01. The molecule has 1 aromatic heterocycles. The highest BCUT2D eigenvalue weighted by atomic mass is 15.3. The number of imidazole rings is 1. The maximum atomic E-state index is 4.66. The molecule has 0 unspecified atom stereocenters. The van der Waals surface area contributed by atoms with E-state index >= 15 is 0 Å². The number of hydrogen-bond donors (Lipinski definition) is 1. The Bertz CT molecular complexity index is 425. The van der Waals surface area contributed by atoms with Crippen molar-refractivity contribution >= 4 is 5.95 Å². The van der Waals surface area contributed by atoms with E-state index in [4.69, 9.17) is 0 Å². The van der Waals surface area contributed by atoms with Crippen LogP contribution in [0.4, 0.5) is 5.95 Å². The summed E-state index contributed by atoms with van der Waals surface area (Å²) in [5.41, 5.74) is 0.304. The first kappa shape index (κ1) is 13.9. The summed E-state index contributed by atoms with van der Waals surface area (Å²) in [5, 5.41) is 3.47. The number of nitrogens with zero attached hydrogens (tertiary/aromatic N) is 3. The highest BCUT2D eigenvalue weighted by Crippen LogP contribution is 2.32. The number of aromatic nitrogens is 2. The van der Waals surface area contributed by atoms with Crippen molar-refractivity contribution in [3.8, 4) is 0 Å². The van der Waals surface area contributed by atoms with Crippen LogP contribution in [0.25, 0.3) is 0 Å². The van der Waals surface area contributed by atoms with Gasteiger partial charge in [-0.25, -0.2) is 4.98 Å². The molecule has 2 heterocycles. The summed E-state index contributed by atoms with van der Waals surface area (Å²) in [4.78, 5) is 7.14. The van der Waals surface area contributed by atoms with Gasteiger partial charge in [-0.15, -0.1) is 0 Å². The molecule has 0 amide bonds. The van der Waals surface area contributed by atoms with Crippen LogP contribution in [0.2, 0.25) is 0 Å². The van der Waals surface area contributed by atoms with Crippen LogP contribution in [0.1, 0.15) is 57.9 Å². The highest BCUT2D eigenvalue weighted by molar-refractivity contribution is 5.33. The van der Waals surface area contributed by atoms with Crippen LogP contribution in [-0.2, 0) is 0 Å². The van der Waals surface area contributed by atoms with Gasteiger partial charge >= 0.3 is 0 Å². The molecule has 1 aliphatic carbocycles. The van der Waals surface area contributed by atoms with Gasteiger partial charge in [0.05, 0.1) is 0 Å². The van der Waals surface area contributed by atoms with Crippen LogP contribution < -0.4 is 10.2 Å². The summed E-state index contributed by atoms with van der Waals surface area (Å²) in [6, 6.07) is 0.680. The van der Waals surface area contributed by atoms with E-state index < -0.39 is 0 Å². The molecule has 20 heavy (non-hydrogen) atoms. The molecule has 1 aliphatic heterocycles. The molecule has 0 spiro atoms. The van der Waals surface area contributed by atoms with Crippen LogP contribution in [0.3, 0.4) is 0 Å². The zero-order valence-electron chi connectivity index (χ0n) is 12.9. The first-order chi connectivity index (χ1) is 9.72. The van der Waals surface area contributed by atoms with Gasteiger partial charge in [0.1, 0.15) is 0 Å². The Labute approximate surface area is 122 Å². The molecule has 1 saturated heterocycles. The van der Waals surface area contributed by atoms with Gasteiger partial charge in [-0.05, 0) is 39.7 Å². The van der Waals surface area contributed by atoms with E-state index in [-0.39, 0.29) is 0 Å². The smallest absolute Gasteiger partial charge is 0.205 e. The lowest BCUT2D eigenvalue weighted by molar-refractivity contribution is 0.298. The molecule has 2 fully saturated rings. The van der Waals surface area contributed by atoms with Crippen molar-refractivity contribution in [2.75, 3.05) is 25.0 Å². The first-order valence-corrected chi connectivity index (χ1v) is 8.18. The zero-order valence-corrected chi connectivity index (χ0v) is 12.9. The fraction of sp³-hybridized carbons (Fsp3) is 0.812. The molecule has 0 radical (unpaired) electrons. The van der Waals surface area contributed by atoms with E-state index in [1.54, 1.807) is 0 Å². The van der Waals surface area contributed by atoms with E-state index in [9.17, 15) is 0 Å². The van der Waals surface area contributed by atoms with Crippen molar-refractivity contribution in [1.82, 2.24) is 14.9 Å². The van der Waals surface area contributed by atoms with Gasteiger partial charge in [-0.1, -0.05) is 19.3 Å². The third-order valence-corrected chi connectivity index (χ3v) is 5.37. The van der Waals surface area contributed by atoms with Gasteiger partial charge in [0.25, 0.3) is 0 Å². The number of piperidine rings is 1. The summed E-state index contributed by atoms with van der Waals surface area (Å²) in [6.45, 7) is 4.56. The van der Waals surface area contributed by atoms with Crippen LogP contribution in [0, 0.1) is 0 Å².